The third kappa shape index (κ3) is 1.93. The molecule has 4 heteroatoms. The van der Waals surface area contributed by atoms with E-state index in [0.29, 0.717) is 5.82 Å². The Kier molecular flexibility index (Phi) is 2.84. The number of fused-ring (bicyclic) bond motifs is 2. The molecule has 4 aromatic rings. The van der Waals surface area contributed by atoms with Gasteiger partial charge >= 0.3 is 0 Å². The molecule has 4 rings (SSSR count). The first-order valence-corrected chi connectivity index (χ1v) is 7.13. The van der Waals surface area contributed by atoms with Crippen LogP contribution in [0.25, 0.3) is 27.7 Å². The van der Waals surface area contributed by atoms with Crippen molar-refractivity contribution >= 4 is 22.2 Å². The largest absolute Gasteiger partial charge is 0.392 e. The molecule has 0 saturated heterocycles. The Morgan fingerprint density at radius 1 is 1.00 bits per heavy atom. The maximum atomic E-state index is 9.24. The predicted molar refractivity (Wildman–Crippen MR) is 88.5 cm³/mol. The van der Waals surface area contributed by atoms with E-state index in [-0.39, 0.29) is 6.61 Å². The molecule has 2 aromatic carbocycles. The number of nitrogens with two attached hydrogens (primary N) is 1. The molecule has 108 valence electrons. The zero-order chi connectivity index (χ0) is 15.1. The van der Waals surface area contributed by atoms with Gasteiger partial charge in [-0.25, -0.2) is 4.98 Å². The number of pyridine rings is 1. The molecule has 0 radical (unpaired) electrons. The van der Waals surface area contributed by atoms with Gasteiger partial charge in [-0.3, -0.25) is 4.40 Å². The average Bonchev–Trinajstić information content (AvgIpc) is 2.90. The van der Waals surface area contributed by atoms with Crippen LogP contribution in [0.5, 0.6) is 0 Å². The van der Waals surface area contributed by atoms with Gasteiger partial charge in [-0.05, 0) is 34.5 Å². The van der Waals surface area contributed by atoms with Crippen LogP contribution in [0.2, 0.25) is 0 Å². The van der Waals surface area contributed by atoms with Gasteiger partial charge in [0, 0.05) is 11.8 Å². The highest BCUT2D eigenvalue weighted by atomic mass is 16.3. The fraction of sp³-hybridized carbons (Fsp3) is 0.0556. The van der Waals surface area contributed by atoms with Crippen molar-refractivity contribution in [2.24, 2.45) is 0 Å². The molecule has 0 aliphatic heterocycles. The standard InChI is InChI=1S/C18H15N3O/c19-18-17(20-16-9-12(11-22)7-8-21(16)18)15-6-5-13-3-1-2-4-14(13)10-15/h1-10,22H,11,19H2. The molecule has 3 N–H and O–H groups in total. The van der Waals surface area contributed by atoms with E-state index >= 15 is 0 Å². The number of rotatable bonds is 2. The van der Waals surface area contributed by atoms with Crippen LogP contribution in [-0.2, 0) is 6.61 Å². The van der Waals surface area contributed by atoms with Crippen LogP contribution in [0, 0.1) is 0 Å². The van der Waals surface area contributed by atoms with Crippen molar-refractivity contribution in [3.8, 4) is 11.3 Å². The predicted octanol–water partition coefficient (Wildman–Crippen LogP) is 3.23. The van der Waals surface area contributed by atoms with Crippen molar-refractivity contribution in [3.63, 3.8) is 0 Å². The molecule has 0 unspecified atom stereocenters. The number of nitrogens with zero attached hydrogens (tertiary/aromatic N) is 2. The van der Waals surface area contributed by atoms with Crippen molar-refractivity contribution in [2.75, 3.05) is 5.73 Å². The normalized spacial score (nSPS) is 11.3. The van der Waals surface area contributed by atoms with Gasteiger partial charge < -0.3 is 10.8 Å². The molecule has 0 bridgehead atoms. The summed E-state index contributed by atoms with van der Waals surface area (Å²) in [5.41, 5.74) is 9.56. The maximum absolute atomic E-state index is 9.24. The second kappa shape index (κ2) is 4.86. The highest BCUT2D eigenvalue weighted by Gasteiger charge is 2.12. The van der Waals surface area contributed by atoms with Gasteiger partial charge in [0.05, 0.1) is 6.61 Å². The Bertz CT molecular complexity index is 988. The first-order valence-electron chi connectivity index (χ1n) is 7.13. The lowest BCUT2D eigenvalue weighted by molar-refractivity contribution is 0.282. The van der Waals surface area contributed by atoms with E-state index in [1.165, 1.54) is 5.39 Å². The number of aliphatic hydroxyl groups excluding tert-OH is 1. The van der Waals surface area contributed by atoms with Gasteiger partial charge in [0.2, 0.25) is 0 Å². The third-order valence-electron chi connectivity index (χ3n) is 3.93. The fourth-order valence-corrected chi connectivity index (χ4v) is 2.75. The Hall–Kier alpha value is -2.85. The summed E-state index contributed by atoms with van der Waals surface area (Å²) in [6.07, 6.45) is 1.84. The number of aliphatic hydroxyl groups is 1. The van der Waals surface area contributed by atoms with Crippen LogP contribution in [-0.4, -0.2) is 14.5 Å². The van der Waals surface area contributed by atoms with Gasteiger partial charge in [-0.1, -0.05) is 36.4 Å². The quantitative estimate of drug-likeness (QED) is 0.595. The SMILES string of the molecule is Nc1c(-c2ccc3ccccc3c2)nc2cc(CO)ccn12. The molecule has 22 heavy (non-hydrogen) atoms. The number of nitrogen functional groups attached to an aromatic ring is 1. The van der Waals surface area contributed by atoms with E-state index in [1.807, 2.05) is 40.9 Å². The van der Waals surface area contributed by atoms with Gasteiger partial charge in [0.15, 0.2) is 0 Å². The molecular formula is C18H15N3O. The van der Waals surface area contributed by atoms with E-state index in [9.17, 15) is 5.11 Å². The molecule has 0 aliphatic rings. The molecule has 0 saturated carbocycles. The molecule has 0 aliphatic carbocycles. The number of anilines is 1. The van der Waals surface area contributed by atoms with Crippen molar-refractivity contribution in [1.29, 1.82) is 0 Å². The van der Waals surface area contributed by atoms with E-state index < -0.39 is 0 Å². The summed E-state index contributed by atoms with van der Waals surface area (Å²) in [5.74, 6) is 0.606. The van der Waals surface area contributed by atoms with E-state index in [2.05, 4.69) is 29.2 Å². The monoisotopic (exact) mass is 289 g/mol. The topological polar surface area (TPSA) is 63.5 Å². The lowest BCUT2D eigenvalue weighted by Crippen LogP contribution is -1.95. The van der Waals surface area contributed by atoms with Crippen LogP contribution >= 0.6 is 0 Å². The van der Waals surface area contributed by atoms with Crippen molar-refractivity contribution in [1.82, 2.24) is 9.38 Å². The summed E-state index contributed by atoms with van der Waals surface area (Å²) < 4.78 is 1.84. The minimum Gasteiger partial charge on any atom is -0.392 e. The zero-order valence-electron chi connectivity index (χ0n) is 11.9. The van der Waals surface area contributed by atoms with Crippen LogP contribution in [0.1, 0.15) is 5.56 Å². The fourth-order valence-electron chi connectivity index (χ4n) is 2.75. The molecule has 0 spiro atoms. The molecule has 2 heterocycles. The first kappa shape index (κ1) is 12.9. The van der Waals surface area contributed by atoms with Crippen LogP contribution < -0.4 is 5.73 Å². The second-order valence-electron chi connectivity index (χ2n) is 5.33. The number of hydrogen-bond acceptors (Lipinski definition) is 3. The van der Waals surface area contributed by atoms with Crippen LogP contribution in [0.3, 0.4) is 0 Å². The molecule has 4 nitrogen and oxygen atoms in total. The van der Waals surface area contributed by atoms with E-state index in [4.69, 9.17) is 5.73 Å². The van der Waals surface area contributed by atoms with E-state index in [1.54, 1.807) is 0 Å². The number of benzene rings is 2. The minimum absolute atomic E-state index is 0.00538. The summed E-state index contributed by atoms with van der Waals surface area (Å²) in [6, 6.07) is 18.1. The molecule has 0 atom stereocenters. The minimum atomic E-state index is -0.00538. The van der Waals surface area contributed by atoms with Gasteiger partial charge in [-0.15, -0.1) is 0 Å². The Morgan fingerprint density at radius 3 is 2.64 bits per heavy atom. The zero-order valence-corrected chi connectivity index (χ0v) is 11.9. The Balaban J connectivity index is 1.93. The highest BCUT2D eigenvalue weighted by Crippen LogP contribution is 2.29. The van der Waals surface area contributed by atoms with Crippen molar-refractivity contribution in [2.45, 2.75) is 6.61 Å². The highest BCUT2D eigenvalue weighted by molar-refractivity contribution is 5.88. The summed E-state index contributed by atoms with van der Waals surface area (Å²) >= 11 is 0. The summed E-state index contributed by atoms with van der Waals surface area (Å²) in [5, 5.41) is 11.6. The van der Waals surface area contributed by atoms with Gasteiger partial charge in [0.1, 0.15) is 17.2 Å². The maximum Gasteiger partial charge on any atom is 0.139 e. The van der Waals surface area contributed by atoms with Crippen LogP contribution in [0.4, 0.5) is 5.82 Å². The van der Waals surface area contributed by atoms with Crippen LogP contribution in [0.15, 0.2) is 60.8 Å². The molecule has 0 fully saturated rings. The summed E-state index contributed by atoms with van der Waals surface area (Å²) in [6.45, 7) is -0.00538. The molecule has 2 aromatic heterocycles. The van der Waals surface area contributed by atoms with Gasteiger partial charge in [0.25, 0.3) is 0 Å². The lowest BCUT2D eigenvalue weighted by atomic mass is 10.1. The second-order valence-corrected chi connectivity index (χ2v) is 5.33. The summed E-state index contributed by atoms with van der Waals surface area (Å²) in [4.78, 5) is 4.62. The van der Waals surface area contributed by atoms with E-state index in [0.717, 1.165) is 27.9 Å². The number of imidazole rings is 1. The Morgan fingerprint density at radius 2 is 1.82 bits per heavy atom. The number of hydrogen-bond donors (Lipinski definition) is 2. The van der Waals surface area contributed by atoms with Crippen molar-refractivity contribution < 1.29 is 5.11 Å². The molecular weight excluding hydrogens is 274 g/mol. The first-order chi connectivity index (χ1) is 10.8. The van der Waals surface area contributed by atoms with Gasteiger partial charge in [-0.2, -0.15) is 0 Å². The lowest BCUT2D eigenvalue weighted by Gasteiger charge is -2.02. The Labute approximate surface area is 127 Å². The summed E-state index contributed by atoms with van der Waals surface area (Å²) in [7, 11) is 0. The smallest absolute Gasteiger partial charge is 0.139 e. The van der Waals surface area contributed by atoms with Crippen molar-refractivity contribution in [3.05, 3.63) is 66.4 Å². The third-order valence-corrected chi connectivity index (χ3v) is 3.93. The average molecular weight is 289 g/mol. The number of aromatic nitrogens is 2. The molecule has 0 amide bonds.